The summed E-state index contributed by atoms with van der Waals surface area (Å²) >= 11 is 0. The highest BCUT2D eigenvalue weighted by Gasteiger charge is 2.59. The number of piperidine rings is 1. The number of anilines is 1. The van der Waals surface area contributed by atoms with Crippen molar-refractivity contribution in [2.45, 2.75) is 50.2 Å². The molecule has 10 heteroatoms. The van der Waals surface area contributed by atoms with Gasteiger partial charge in [-0.1, -0.05) is 30.2 Å². The molecular formula is C22H26N6O4. The third kappa shape index (κ3) is 3.94. The summed E-state index contributed by atoms with van der Waals surface area (Å²) in [7, 11) is 0. The number of aliphatic hydroxyl groups is 1. The number of aliphatic hydroxyl groups excluding tert-OH is 1. The van der Waals surface area contributed by atoms with E-state index in [1.807, 2.05) is 24.3 Å². The Bertz CT molecular complexity index is 981. The van der Waals surface area contributed by atoms with Crippen molar-refractivity contribution < 1.29 is 19.5 Å². The lowest BCUT2D eigenvalue weighted by Gasteiger charge is -2.49. The van der Waals surface area contributed by atoms with E-state index in [1.54, 1.807) is 5.01 Å². The lowest BCUT2D eigenvalue weighted by atomic mass is 9.61. The van der Waals surface area contributed by atoms with Gasteiger partial charge in [0.1, 0.15) is 11.5 Å². The molecule has 4 rings (SSSR count). The van der Waals surface area contributed by atoms with Crippen LogP contribution < -0.4 is 5.32 Å². The topological polar surface area (TPSA) is 140 Å². The Balaban J connectivity index is 0.000000913. The molecule has 2 aliphatic heterocycles. The summed E-state index contributed by atoms with van der Waals surface area (Å²) in [6.07, 6.45) is 2.61. The van der Waals surface area contributed by atoms with E-state index < -0.39 is 5.41 Å². The van der Waals surface area contributed by atoms with E-state index in [1.165, 1.54) is 0 Å². The van der Waals surface area contributed by atoms with Crippen molar-refractivity contribution in [2.75, 3.05) is 18.4 Å². The summed E-state index contributed by atoms with van der Waals surface area (Å²) in [5.74, 6) is 0.622. The smallest absolute Gasteiger partial charge is 0.373 e. The Hall–Kier alpha value is -3.37. The first-order valence-electron chi connectivity index (χ1n) is 10.7. The average Bonchev–Trinajstić information content (AvgIpc) is 3.08. The average molecular weight is 438 g/mol. The number of amides is 1. The van der Waals surface area contributed by atoms with Gasteiger partial charge in [-0.25, -0.2) is 0 Å². The number of benzene rings is 1. The lowest BCUT2D eigenvalue weighted by molar-refractivity contribution is -0.191. The van der Waals surface area contributed by atoms with Crippen molar-refractivity contribution in [2.24, 2.45) is 22.9 Å². The van der Waals surface area contributed by atoms with E-state index in [-0.39, 0.29) is 42.6 Å². The number of fused-ring (bicyclic) bond motifs is 2. The van der Waals surface area contributed by atoms with Crippen LogP contribution >= 0.6 is 0 Å². The number of rotatable bonds is 4. The zero-order chi connectivity index (χ0) is 23.3. The SMILES string of the molecule is O=C=O.[C-]#[N+]N1C[C@@H]2CC[C@H](O)[C@H](C)[C@H]2C[C@H]1[C@@]1(CCN=[N+]=[N-])C(=O)Nc2ccccc21. The van der Waals surface area contributed by atoms with E-state index in [4.69, 9.17) is 21.7 Å². The molecule has 3 aliphatic rings. The fraction of sp³-hybridized carbons (Fsp3) is 0.591. The first-order valence-corrected chi connectivity index (χ1v) is 10.7. The molecule has 10 nitrogen and oxygen atoms in total. The fourth-order valence-corrected chi connectivity index (χ4v) is 5.88. The normalized spacial score (nSPS) is 32.6. The van der Waals surface area contributed by atoms with E-state index in [2.05, 4.69) is 27.2 Å². The molecule has 0 spiro atoms. The largest absolute Gasteiger partial charge is 0.393 e. The van der Waals surface area contributed by atoms with Gasteiger partial charge in [0, 0.05) is 17.1 Å². The molecule has 1 aromatic rings. The van der Waals surface area contributed by atoms with Gasteiger partial charge in [-0.2, -0.15) is 21.1 Å². The van der Waals surface area contributed by atoms with Crippen LogP contribution in [0, 0.1) is 24.3 Å². The molecule has 1 saturated heterocycles. The maximum Gasteiger partial charge on any atom is 0.373 e. The van der Waals surface area contributed by atoms with Gasteiger partial charge < -0.3 is 10.4 Å². The molecule has 2 N–H and O–H groups in total. The van der Waals surface area contributed by atoms with Gasteiger partial charge in [0.15, 0.2) is 0 Å². The zero-order valence-electron chi connectivity index (χ0n) is 17.8. The predicted molar refractivity (Wildman–Crippen MR) is 113 cm³/mol. The van der Waals surface area contributed by atoms with E-state index in [9.17, 15) is 9.90 Å². The summed E-state index contributed by atoms with van der Waals surface area (Å²) in [6.45, 7) is 10.7. The molecule has 32 heavy (non-hydrogen) atoms. The van der Waals surface area contributed by atoms with Crippen molar-refractivity contribution >= 4 is 17.7 Å². The summed E-state index contributed by atoms with van der Waals surface area (Å²) in [5.41, 5.74) is 9.48. The number of carbonyl (C=O) groups excluding carboxylic acids is 3. The van der Waals surface area contributed by atoms with Gasteiger partial charge in [0.2, 0.25) is 5.91 Å². The van der Waals surface area contributed by atoms with Crippen LogP contribution in [-0.2, 0) is 19.8 Å². The molecule has 0 bridgehead atoms. The number of nitrogens with zero attached hydrogens (tertiary/aromatic N) is 5. The van der Waals surface area contributed by atoms with Crippen molar-refractivity contribution in [1.29, 1.82) is 0 Å². The number of nitrogens with one attached hydrogen (secondary N) is 1. The number of hydrogen-bond acceptors (Lipinski definition) is 6. The highest BCUT2D eigenvalue weighted by molar-refractivity contribution is 6.07. The van der Waals surface area contributed by atoms with Crippen LogP contribution in [0.2, 0.25) is 0 Å². The van der Waals surface area contributed by atoms with Gasteiger partial charge in [0.05, 0.1) is 12.6 Å². The van der Waals surface area contributed by atoms with Crippen molar-refractivity contribution in [1.82, 2.24) is 5.01 Å². The van der Waals surface area contributed by atoms with Crippen molar-refractivity contribution in [3.63, 3.8) is 0 Å². The van der Waals surface area contributed by atoms with E-state index in [0.717, 1.165) is 24.1 Å². The quantitative estimate of drug-likeness (QED) is 0.322. The number of azide groups is 1. The summed E-state index contributed by atoms with van der Waals surface area (Å²) in [4.78, 5) is 36.3. The van der Waals surface area contributed by atoms with Crippen LogP contribution in [0.5, 0.6) is 0 Å². The fourth-order valence-electron chi connectivity index (χ4n) is 5.88. The zero-order valence-corrected chi connectivity index (χ0v) is 17.8. The Morgan fingerprint density at radius 1 is 1.38 bits per heavy atom. The minimum Gasteiger partial charge on any atom is -0.393 e. The molecule has 2 fully saturated rings. The van der Waals surface area contributed by atoms with Crippen molar-refractivity contribution in [3.05, 3.63) is 51.8 Å². The lowest BCUT2D eigenvalue weighted by Crippen LogP contribution is -2.59. The molecule has 0 radical (unpaired) electrons. The highest BCUT2D eigenvalue weighted by atomic mass is 16.3. The standard InChI is InChI=1S/C21H26N6O2.CO2/c1-13-15-11-19(27(23-2)12-14(15)7-8-18(13)28)21(9-10-24-26-22)16-5-3-4-6-17(16)25-20(21)29;2-1-3/h3-6,13-15,18-19,28H,7-12H2,1H3,(H,25,29);/t13-,14+,15-,18+,19+,21+;/m1./s1. The van der Waals surface area contributed by atoms with Gasteiger partial charge in [0.25, 0.3) is 0 Å². The number of para-hydroxylation sites is 1. The maximum atomic E-state index is 13.4. The third-order valence-corrected chi connectivity index (χ3v) is 7.43. The molecule has 1 saturated carbocycles. The van der Waals surface area contributed by atoms with Gasteiger partial charge >= 0.3 is 6.15 Å². The Morgan fingerprint density at radius 2 is 2.09 bits per heavy atom. The van der Waals surface area contributed by atoms with E-state index >= 15 is 0 Å². The molecule has 1 amide bonds. The second kappa shape index (κ2) is 9.84. The van der Waals surface area contributed by atoms with Crippen molar-refractivity contribution in [3.8, 4) is 0 Å². The highest BCUT2D eigenvalue weighted by Crippen LogP contribution is 2.51. The van der Waals surface area contributed by atoms with Crippen LogP contribution in [0.1, 0.15) is 38.2 Å². The molecule has 168 valence electrons. The monoisotopic (exact) mass is 438 g/mol. The first-order chi connectivity index (χ1) is 15.4. The Morgan fingerprint density at radius 3 is 2.78 bits per heavy atom. The van der Waals surface area contributed by atoms with E-state index in [0.29, 0.717) is 25.3 Å². The minimum absolute atomic E-state index is 0.132. The second-order valence-corrected chi connectivity index (χ2v) is 8.66. The Labute approximate surface area is 186 Å². The molecule has 1 aromatic carbocycles. The molecular weight excluding hydrogens is 412 g/mol. The molecule has 0 aromatic heterocycles. The third-order valence-electron chi connectivity index (χ3n) is 7.43. The van der Waals surface area contributed by atoms with Gasteiger partial charge in [-0.3, -0.25) is 4.79 Å². The van der Waals surface area contributed by atoms with Crippen LogP contribution in [0.4, 0.5) is 5.69 Å². The van der Waals surface area contributed by atoms with Crippen LogP contribution in [0.3, 0.4) is 0 Å². The first kappa shape index (κ1) is 23.3. The summed E-state index contributed by atoms with van der Waals surface area (Å²) in [5, 5.41) is 18.9. The molecule has 2 heterocycles. The van der Waals surface area contributed by atoms with Crippen LogP contribution in [0.25, 0.3) is 15.4 Å². The minimum atomic E-state index is -0.942. The van der Waals surface area contributed by atoms with Gasteiger partial charge in [-0.15, -0.1) is 5.01 Å². The Kier molecular flexibility index (Phi) is 7.16. The van der Waals surface area contributed by atoms with Gasteiger partial charge in [-0.05, 0) is 60.6 Å². The molecule has 6 atom stereocenters. The second-order valence-electron chi connectivity index (χ2n) is 8.66. The summed E-state index contributed by atoms with van der Waals surface area (Å²) in [6, 6.07) is 7.28. The number of carbonyl (C=O) groups is 1. The number of hydrogen-bond donors (Lipinski definition) is 2. The molecule has 0 unspecified atom stereocenters. The predicted octanol–water partition coefficient (Wildman–Crippen LogP) is 2.93. The summed E-state index contributed by atoms with van der Waals surface area (Å²) < 4.78 is 0. The molecule has 1 aliphatic carbocycles. The van der Waals surface area contributed by atoms with Crippen LogP contribution in [0.15, 0.2) is 29.4 Å². The maximum absolute atomic E-state index is 13.4. The van der Waals surface area contributed by atoms with Crippen LogP contribution in [-0.4, -0.2) is 47.4 Å².